The lowest BCUT2D eigenvalue weighted by Crippen LogP contribution is -2.48. The molecule has 1 atom stereocenters. The van der Waals surface area contributed by atoms with E-state index in [2.05, 4.69) is 5.32 Å². The molecule has 0 spiro atoms. The second-order valence-corrected chi connectivity index (χ2v) is 9.74. The maximum Gasteiger partial charge on any atom is 0.325 e. The Morgan fingerprint density at radius 1 is 1.06 bits per heavy atom. The molecule has 2 heterocycles. The highest BCUT2D eigenvalue weighted by Gasteiger charge is 2.50. The number of rotatable bonds is 6. The van der Waals surface area contributed by atoms with Crippen molar-refractivity contribution in [2.24, 2.45) is 0 Å². The average molecular weight is 496 g/mol. The van der Waals surface area contributed by atoms with Crippen LogP contribution in [0.1, 0.15) is 50.2 Å². The van der Waals surface area contributed by atoms with E-state index in [1.54, 1.807) is 42.2 Å². The standard InChI is InChI=1S/C27H30FN3O5/c1-27(19-9-12-22-23(15-19)36-14-13-35-22)25(33)31(26(34)29-27)17-24(32)30(21-5-3-2-4-6-21)16-18-7-10-20(28)11-8-18/h7-12,15,21H,2-6,13-14,16-17H2,1H3,(H,29,34). The second kappa shape index (κ2) is 9.79. The number of amides is 4. The number of halogens is 1. The Labute approximate surface area is 209 Å². The van der Waals surface area contributed by atoms with Gasteiger partial charge in [-0.25, -0.2) is 9.18 Å². The van der Waals surface area contributed by atoms with Crippen LogP contribution in [-0.4, -0.2) is 53.4 Å². The summed E-state index contributed by atoms with van der Waals surface area (Å²) in [4.78, 5) is 42.7. The number of urea groups is 1. The molecule has 2 aliphatic heterocycles. The van der Waals surface area contributed by atoms with Crippen LogP contribution < -0.4 is 14.8 Å². The van der Waals surface area contributed by atoms with Crippen molar-refractivity contribution >= 4 is 17.8 Å². The van der Waals surface area contributed by atoms with Gasteiger partial charge in [-0.15, -0.1) is 0 Å². The number of nitrogens with zero attached hydrogens (tertiary/aromatic N) is 2. The molecule has 36 heavy (non-hydrogen) atoms. The molecule has 190 valence electrons. The van der Waals surface area contributed by atoms with E-state index in [1.807, 2.05) is 0 Å². The summed E-state index contributed by atoms with van der Waals surface area (Å²) in [6, 6.07) is 10.6. The fraction of sp³-hybridized carbons (Fsp3) is 0.444. The van der Waals surface area contributed by atoms with Crippen LogP contribution in [0.3, 0.4) is 0 Å². The van der Waals surface area contributed by atoms with Crippen molar-refractivity contribution in [2.45, 2.75) is 57.2 Å². The highest BCUT2D eigenvalue weighted by atomic mass is 19.1. The van der Waals surface area contributed by atoms with Gasteiger partial charge in [-0.05, 0) is 55.2 Å². The van der Waals surface area contributed by atoms with Crippen LogP contribution in [0, 0.1) is 5.82 Å². The Balaban J connectivity index is 1.35. The van der Waals surface area contributed by atoms with Crippen LogP contribution in [-0.2, 0) is 21.7 Å². The fourth-order valence-corrected chi connectivity index (χ4v) is 5.22. The predicted octanol–water partition coefficient (Wildman–Crippen LogP) is 3.73. The largest absolute Gasteiger partial charge is 0.486 e. The molecule has 1 saturated heterocycles. The minimum absolute atomic E-state index is 0.0150. The van der Waals surface area contributed by atoms with Gasteiger partial charge in [0.05, 0.1) is 0 Å². The van der Waals surface area contributed by atoms with Crippen molar-refractivity contribution in [3.05, 3.63) is 59.4 Å². The van der Waals surface area contributed by atoms with E-state index in [1.165, 1.54) is 12.1 Å². The maximum absolute atomic E-state index is 13.5. The van der Waals surface area contributed by atoms with Gasteiger partial charge >= 0.3 is 6.03 Å². The van der Waals surface area contributed by atoms with E-state index in [0.29, 0.717) is 36.8 Å². The summed E-state index contributed by atoms with van der Waals surface area (Å²) >= 11 is 0. The van der Waals surface area contributed by atoms with E-state index in [-0.39, 0.29) is 24.3 Å². The van der Waals surface area contributed by atoms with Gasteiger partial charge in [0.15, 0.2) is 11.5 Å². The molecule has 1 N–H and O–H groups in total. The summed E-state index contributed by atoms with van der Waals surface area (Å²) in [5, 5.41) is 2.76. The number of carbonyl (C=O) groups is 3. The van der Waals surface area contributed by atoms with E-state index in [9.17, 15) is 18.8 Å². The number of hydrogen-bond donors (Lipinski definition) is 1. The molecule has 0 bridgehead atoms. The van der Waals surface area contributed by atoms with E-state index >= 15 is 0 Å². The zero-order chi connectivity index (χ0) is 25.3. The zero-order valence-electron chi connectivity index (χ0n) is 20.3. The molecule has 9 heteroatoms. The topological polar surface area (TPSA) is 88.2 Å². The first-order valence-corrected chi connectivity index (χ1v) is 12.4. The lowest BCUT2D eigenvalue weighted by Gasteiger charge is -2.35. The number of benzene rings is 2. The van der Waals surface area contributed by atoms with E-state index < -0.39 is 17.5 Å². The van der Waals surface area contributed by atoms with Crippen molar-refractivity contribution < 1.29 is 28.2 Å². The summed E-state index contributed by atoms with van der Waals surface area (Å²) in [7, 11) is 0. The number of carbonyl (C=O) groups excluding carboxylic acids is 3. The molecule has 0 radical (unpaired) electrons. The van der Waals surface area contributed by atoms with Gasteiger partial charge < -0.3 is 19.7 Å². The zero-order valence-corrected chi connectivity index (χ0v) is 20.3. The van der Waals surface area contributed by atoms with Gasteiger partial charge in [0.25, 0.3) is 5.91 Å². The van der Waals surface area contributed by atoms with Crippen molar-refractivity contribution in [3.63, 3.8) is 0 Å². The highest BCUT2D eigenvalue weighted by Crippen LogP contribution is 2.37. The van der Waals surface area contributed by atoms with E-state index in [0.717, 1.165) is 42.6 Å². The number of hydrogen-bond acceptors (Lipinski definition) is 5. The summed E-state index contributed by atoms with van der Waals surface area (Å²) in [5.74, 6) is -0.0447. The summed E-state index contributed by atoms with van der Waals surface area (Å²) in [5.41, 5.74) is 0.0175. The first-order valence-electron chi connectivity index (χ1n) is 12.4. The van der Waals surface area contributed by atoms with Crippen LogP contribution in [0.5, 0.6) is 11.5 Å². The first kappa shape index (κ1) is 24.1. The normalized spacial score (nSPS) is 21.9. The Bertz CT molecular complexity index is 1160. The lowest BCUT2D eigenvalue weighted by molar-refractivity contribution is -0.141. The summed E-state index contributed by atoms with van der Waals surface area (Å²) < 4.78 is 24.6. The highest BCUT2D eigenvalue weighted by molar-refractivity contribution is 6.09. The molecule has 8 nitrogen and oxygen atoms in total. The van der Waals surface area contributed by atoms with Gasteiger partial charge in [-0.3, -0.25) is 14.5 Å². The molecule has 2 fully saturated rings. The van der Waals surface area contributed by atoms with E-state index in [4.69, 9.17) is 9.47 Å². The lowest BCUT2D eigenvalue weighted by atomic mass is 9.91. The summed E-state index contributed by atoms with van der Waals surface area (Å²) in [6.45, 7) is 2.42. The predicted molar refractivity (Wildman–Crippen MR) is 129 cm³/mol. The fourth-order valence-electron chi connectivity index (χ4n) is 5.22. The molecular weight excluding hydrogens is 465 g/mol. The maximum atomic E-state index is 13.5. The molecular formula is C27H30FN3O5. The quantitative estimate of drug-likeness (QED) is 0.617. The monoisotopic (exact) mass is 495 g/mol. The van der Waals surface area contributed by atoms with Gasteiger partial charge in [0, 0.05) is 12.6 Å². The van der Waals surface area contributed by atoms with Gasteiger partial charge in [0.2, 0.25) is 5.91 Å². The number of nitrogens with one attached hydrogen (secondary N) is 1. The third kappa shape index (κ3) is 4.62. The third-order valence-corrected chi connectivity index (χ3v) is 7.29. The smallest absolute Gasteiger partial charge is 0.325 e. The number of ether oxygens (including phenoxy) is 2. The molecule has 0 aromatic heterocycles. The van der Waals surface area contributed by atoms with Crippen LogP contribution in [0.15, 0.2) is 42.5 Å². The minimum atomic E-state index is -1.33. The number of imide groups is 1. The Hall–Kier alpha value is -3.62. The second-order valence-electron chi connectivity index (χ2n) is 9.74. The van der Waals surface area contributed by atoms with Crippen LogP contribution in [0.25, 0.3) is 0 Å². The molecule has 3 aliphatic rings. The first-order chi connectivity index (χ1) is 17.3. The minimum Gasteiger partial charge on any atom is -0.486 e. The van der Waals surface area contributed by atoms with Crippen molar-refractivity contribution in [1.29, 1.82) is 0 Å². The molecule has 2 aromatic carbocycles. The molecule has 4 amide bonds. The summed E-state index contributed by atoms with van der Waals surface area (Å²) in [6.07, 6.45) is 4.88. The molecule has 5 rings (SSSR count). The SMILES string of the molecule is CC1(c2ccc3c(c2)OCCO3)NC(=O)N(CC(=O)N(Cc2ccc(F)cc2)C2CCCCC2)C1=O. The van der Waals surface area contributed by atoms with Crippen molar-refractivity contribution in [1.82, 2.24) is 15.1 Å². The Kier molecular flexibility index (Phi) is 6.55. The van der Waals surface area contributed by atoms with Crippen molar-refractivity contribution in [3.8, 4) is 11.5 Å². The van der Waals surface area contributed by atoms with Crippen molar-refractivity contribution in [2.75, 3.05) is 19.8 Å². The van der Waals surface area contributed by atoms with Gasteiger partial charge in [0.1, 0.15) is 31.1 Å². The third-order valence-electron chi connectivity index (χ3n) is 7.29. The molecule has 1 aliphatic carbocycles. The number of fused-ring (bicyclic) bond motifs is 1. The van der Waals surface area contributed by atoms with Gasteiger partial charge in [-0.1, -0.05) is 37.5 Å². The molecule has 2 aromatic rings. The van der Waals surface area contributed by atoms with Gasteiger partial charge in [-0.2, -0.15) is 0 Å². The Morgan fingerprint density at radius 3 is 2.47 bits per heavy atom. The van der Waals surface area contributed by atoms with Crippen LogP contribution >= 0.6 is 0 Å². The van der Waals surface area contributed by atoms with Crippen LogP contribution in [0.4, 0.5) is 9.18 Å². The van der Waals surface area contributed by atoms with Crippen LogP contribution in [0.2, 0.25) is 0 Å². The molecule has 1 unspecified atom stereocenters. The Morgan fingerprint density at radius 2 is 1.75 bits per heavy atom. The average Bonchev–Trinajstić information content (AvgIpc) is 3.12. The molecule has 1 saturated carbocycles.